The molecule has 2 rings (SSSR count). The Morgan fingerprint density at radius 2 is 2.27 bits per heavy atom. The minimum atomic E-state index is -1.75. The second-order valence-corrected chi connectivity index (χ2v) is 9.21. The molecule has 0 bridgehead atoms. The van der Waals surface area contributed by atoms with Crippen molar-refractivity contribution in [2.45, 2.75) is 0 Å². The molecule has 1 heterocycles. The van der Waals surface area contributed by atoms with Crippen molar-refractivity contribution in [3.63, 3.8) is 0 Å². The summed E-state index contributed by atoms with van der Waals surface area (Å²) in [7, 11) is 0. The summed E-state index contributed by atoms with van der Waals surface area (Å²) >= 11 is 1.74. The number of carbonyl (C=O) groups is 1. The molecule has 0 atom stereocenters. The van der Waals surface area contributed by atoms with Crippen LogP contribution in [0, 0.1) is 3.57 Å². The summed E-state index contributed by atoms with van der Waals surface area (Å²) in [5.41, 5.74) is 0.917. The Kier molecular flexibility index (Phi) is 3.25. The topological polar surface area (TPSA) is 58.9 Å². The number of hydrogen-bond acceptors (Lipinski definition) is 3. The number of hydrogen-bond donors (Lipinski definition) is 1. The van der Waals surface area contributed by atoms with Gasteiger partial charge >= 0.3 is 100 Å². The van der Waals surface area contributed by atoms with Crippen molar-refractivity contribution in [2.75, 3.05) is 6.54 Å². The van der Waals surface area contributed by atoms with Crippen LogP contribution < -0.4 is 0 Å². The molecule has 0 saturated carbocycles. The van der Waals surface area contributed by atoms with Gasteiger partial charge in [0.05, 0.1) is 0 Å². The fraction of sp³-hybridized carbons (Fsp3) is 0.111. The Labute approximate surface area is 100 Å². The molecule has 0 amide bonds. The number of halogens is 2. The van der Waals surface area contributed by atoms with Crippen molar-refractivity contribution in [1.82, 2.24) is 0 Å². The monoisotopic (exact) mass is 383 g/mol. The summed E-state index contributed by atoms with van der Waals surface area (Å²) in [6.45, 7) is -0.249. The molecule has 1 aliphatic rings. The summed E-state index contributed by atoms with van der Waals surface area (Å²) in [6, 6.07) is 7.71. The SMILES string of the molecule is O=C(O)CN=C1OI(Br)c2ccccc21. The summed E-state index contributed by atoms with van der Waals surface area (Å²) < 4.78 is 6.67. The third kappa shape index (κ3) is 2.31. The van der Waals surface area contributed by atoms with Gasteiger partial charge in [-0.15, -0.1) is 0 Å². The van der Waals surface area contributed by atoms with E-state index in [1.165, 1.54) is 0 Å². The molecule has 1 aliphatic heterocycles. The first kappa shape index (κ1) is 10.9. The zero-order valence-electron chi connectivity index (χ0n) is 7.48. The first-order valence-electron chi connectivity index (χ1n) is 4.09. The van der Waals surface area contributed by atoms with Crippen LogP contribution in [0.3, 0.4) is 0 Å². The van der Waals surface area contributed by atoms with Crippen LogP contribution in [-0.2, 0) is 7.86 Å². The Hall–Kier alpha value is -0.630. The van der Waals surface area contributed by atoms with Gasteiger partial charge in [-0.1, -0.05) is 0 Å². The van der Waals surface area contributed by atoms with Crippen LogP contribution in [0.4, 0.5) is 0 Å². The van der Waals surface area contributed by atoms with Crippen LogP contribution in [0.1, 0.15) is 5.56 Å². The molecule has 0 aromatic heterocycles. The molecule has 1 aromatic carbocycles. The van der Waals surface area contributed by atoms with Crippen molar-refractivity contribution in [1.29, 1.82) is 0 Å². The van der Waals surface area contributed by atoms with Gasteiger partial charge in [-0.05, 0) is 0 Å². The van der Waals surface area contributed by atoms with E-state index in [2.05, 4.69) is 17.7 Å². The number of aliphatic imine (C=N–C) groups is 1. The van der Waals surface area contributed by atoms with Gasteiger partial charge in [-0.2, -0.15) is 0 Å². The van der Waals surface area contributed by atoms with E-state index >= 15 is 0 Å². The first-order chi connectivity index (χ1) is 7.18. The van der Waals surface area contributed by atoms with Gasteiger partial charge in [0, 0.05) is 0 Å². The van der Waals surface area contributed by atoms with Crippen molar-refractivity contribution >= 4 is 42.6 Å². The van der Waals surface area contributed by atoms with Crippen LogP contribution in [0.5, 0.6) is 0 Å². The fourth-order valence-corrected chi connectivity index (χ4v) is 6.03. The number of carboxylic acids is 1. The normalized spacial score (nSPS) is 18.7. The molecular weight excluding hydrogens is 377 g/mol. The van der Waals surface area contributed by atoms with Crippen LogP contribution in [0.15, 0.2) is 29.3 Å². The standard InChI is InChI=1S/C9H7BrINO3/c10-11-7-4-2-1-3-6(7)9(15-11)12-5-8(13)14/h1-4H,5H2,(H,13,14). The van der Waals surface area contributed by atoms with Gasteiger partial charge in [-0.3, -0.25) is 0 Å². The third-order valence-electron chi connectivity index (χ3n) is 1.76. The Bertz CT molecular complexity index is 435. The van der Waals surface area contributed by atoms with Crippen LogP contribution in [0.25, 0.3) is 0 Å². The number of fused-ring (bicyclic) bond motifs is 1. The summed E-state index contributed by atoms with van der Waals surface area (Å²) in [6.07, 6.45) is 0. The predicted molar refractivity (Wildman–Crippen MR) is 68.2 cm³/mol. The molecule has 0 radical (unpaired) electrons. The van der Waals surface area contributed by atoms with Gasteiger partial charge in [0.25, 0.3) is 0 Å². The molecule has 4 nitrogen and oxygen atoms in total. The van der Waals surface area contributed by atoms with Crippen LogP contribution >= 0.6 is 30.7 Å². The zero-order valence-corrected chi connectivity index (χ0v) is 11.2. The van der Waals surface area contributed by atoms with Crippen LogP contribution in [-0.4, -0.2) is 23.5 Å². The number of carboxylic acid groups (broad SMARTS) is 1. The molecular formula is C9H7BrINO3. The second-order valence-electron chi connectivity index (χ2n) is 2.78. The van der Waals surface area contributed by atoms with Gasteiger partial charge in [0.1, 0.15) is 0 Å². The van der Waals surface area contributed by atoms with E-state index in [1.807, 2.05) is 24.3 Å². The average molecular weight is 384 g/mol. The van der Waals surface area contributed by atoms with Gasteiger partial charge in [-0.25, -0.2) is 0 Å². The Morgan fingerprint density at radius 3 is 3.00 bits per heavy atom. The quantitative estimate of drug-likeness (QED) is 0.798. The summed E-state index contributed by atoms with van der Waals surface area (Å²) in [5, 5.41) is 8.53. The third-order valence-corrected chi connectivity index (χ3v) is 7.41. The Morgan fingerprint density at radius 1 is 1.53 bits per heavy atom. The van der Waals surface area contributed by atoms with E-state index in [0.717, 1.165) is 9.13 Å². The molecule has 0 aliphatic carbocycles. The zero-order chi connectivity index (χ0) is 10.8. The maximum atomic E-state index is 10.4. The summed E-state index contributed by atoms with van der Waals surface area (Å²) in [5.74, 6) is -0.500. The van der Waals surface area contributed by atoms with Crippen molar-refractivity contribution in [2.24, 2.45) is 4.99 Å². The number of benzene rings is 1. The van der Waals surface area contributed by atoms with Crippen LogP contribution in [0.2, 0.25) is 0 Å². The minimum absolute atomic E-state index is 0.249. The molecule has 0 saturated heterocycles. The van der Waals surface area contributed by atoms with E-state index in [9.17, 15) is 4.79 Å². The van der Waals surface area contributed by atoms with Gasteiger partial charge in [0.15, 0.2) is 0 Å². The molecule has 0 unspecified atom stereocenters. The molecule has 1 aromatic rings. The Balaban J connectivity index is 2.32. The molecule has 80 valence electrons. The molecule has 15 heavy (non-hydrogen) atoms. The maximum absolute atomic E-state index is 10.4. The number of nitrogens with zero attached hydrogens (tertiary/aromatic N) is 1. The van der Waals surface area contributed by atoms with Crippen molar-refractivity contribution in [3.8, 4) is 0 Å². The van der Waals surface area contributed by atoms with Crippen molar-refractivity contribution in [3.05, 3.63) is 33.4 Å². The predicted octanol–water partition coefficient (Wildman–Crippen LogP) is 2.45. The van der Waals surface area contributed by atoms with E-state index in [1.54, 1.807) is 0 Å². The summed E-state index contributed by atoms with van der Waals surface area (Å²) in [4.78, 5) is 14.3. The molecule has 0 fully saturated rings. The number of aliphatic carboxylic acids is 1. The second kappa shape index (κ2) is 4.48. The number of rotatable bonds is 2. The molecule has 1 N–H and O–H groups in total. The fourth-order valence-electron chi connectivity index (χ4n) is 1.16. The van der Waals surface area contributed by atoms with E-state index in [4.69, 9.17) is 8.17 Å². The van der Waals surface area contributed by atoms with E-state index in [-0.39, 0.29) is 6.54 Å². The molecule has 6 heteroatoms. The van der Waals surface area contributed by atoms with Gasteiger partial charge in [0.2, 0.25) is 0 Å². The van der Waals surface area contributed by atoms with Crippen molar-refractivity contribution < 1.29 is 13.0 Å². The van der Waals surface area contributed by atoms with E-state index < -0.39 is 24.0 Å². The van der Waals surface area contributed by atoms with Gasteiger partial charge < -0.3 is 0 Å². The van der Waals surface area contributed by atoms with E-state index in [0.29, 0.717) is 5.90 Å². The first-order valence-corrected chi connectivity index (χ1v) is 10.9. The average Bonchev–Trinajstić information content (AvgIpc) is 2.54. The molecule has 0 spiro atoms.